The number of carbonyl (C=O) groups is 1. The average Bonchev–Trinajstić information content (AvgIpc) is 3.42. The molecule has 1 heterocycles. The van der Waals surface area contributed by atoms with Crippen LogP contribution in [0.4, 0.5) is 0 Å². The molecule has 7 unspecified atom stereocenters. The summed E-state index contributed by atoms with van der Waals surface area (Å²) in [6.07, 6.45) is 66.6. The predicted molar refractivity (Wildman–Crippen MR) is 323 cm³/mol. The van der Waals surface area contributed by atoms with Crippen LogP contribution in [0.1, 0.15) is 341 Å². The summed E-state index contributed by atoms with van der Waals surface area (Å²) >= 11 is 0. The maximum Gasteiger partial charge on any atom is 0.220 e. The molecule has 9 nitrogen and oxygen atoms in total. The number of hydrogen-bond acceptors (Lipinski definition) is 8. The summed E-state index contributed by atoms with van der Waals surface area (Å²) in [7, 11) is 0. The van der Waals surface area contributed by atoms with Gasteiger partial charge in [-0.2, -0.15) is 0 Å². The molecule has 0 radical (unpaired) electrons. The van der Waals surface area contributed by atoms with E-state index in [-0.39, 0.29) is 12.5 Å². The molecule has 1 aliphatic heterocycles. The van der Waals surface area contributed by atoms with Crippen LogP contribution in [0.3, 0.4) is 0 Å². The lowest BCUT2D eigenvalue weighted by Crippen LogP contribution is -2.60. The minimum absolute atomic E-state index is 0.133. The molecule has 1 saturated heterocycles. The standard InChI is InChI=1S/C67H129NO8/c1-3-5-7-9-11-13-15-17-19-21-23-25-27-28-29-30-31-32-33-34-35-37-39-41-43-45-47-49-51-53-55-57-63(71)68-60(59-75-67-66(74)65(73)64(72)62(58-69)76-67)61(70)56-54-52-50-48-46-44-42-40-38-36-26-24-22-20-18-16-14-12-10-8-6-4-2/h15,17,21,23,60-62,64-67,69-70,72-74H,3-14,16,18-20,22,24-59H2,1-2H3,(H,68,71)/b17-15-,23-21-. The van der Waals surface area contributed by atoms with Crippen LogP contribution >= 0.6 is 0 Å². The largest absolute Gasteiger partial charge is 0.394 e. The maximum atomic E-state index is 13.1. The van der Waals surface area contributed by atoms with Gasteiger partial charge in [-0.15, -0.1) is 0 Å². The minimum atomic E-state index is -1.55. The lowest BCUT2D eigenvalue weighted by molar-refractivity contribution is -0.302. The molecule has 0 bridgehead atoms. The molecule has 7 atom stereocenters. The lowest BCUT2D eigenvalue weighted by Gasteiger charge is -2.40. The summed E-state index contributed by atoms with van der Waals surface area (Å²) in [5, 5.41) is 54.9. The molecule has 9 heteroatoms. The molecule has 0 aliphatic carbocycles. The van der Waals surface area contributed by atoms with Crippen molar-refractivity contribution in [3.8, 4) is 0 Å². The first-order valence-electron chi connectivity index (χ1n) is 33.5. The minimum Gasteiger partial charge on any atom is -0.394 e. The zero-order valence-corrected chi connectivity index (χ0v) is 50.3. The van der Waals surface area contributed by atoms with E-state index in [1.54, 1.807) is 0 Å². The van der Waals surface area contributed by atoms with Gasteiger partial charge in [0.05, 0.1) is 25.4 Å². The fourth-order valence-electron chi connectivity index (χ4n) is 11.0. The molecule has 450 valence electrons. The Bertz CT molecular complexity index is 1250. The summed E-state index contributed by atoms with van der Waals surface area (Å²) in [4.78, 5) is 13.1. The number of rotatable bonds is 59. The van der Waals surface area contributed by atoms with E-state index in [0.717, 1.165) is 44.9 Å². The van der Waals surface area contributed by atoms with Crippen molar-refractivity contribution < 1.29 is 39.8 Å². The number of carbonyl (C=O) groups excluding carboxylic acids is 1. The Balaban J connectivity index is 2.11. The number of aliphatic hydroxyl groups excluding tert-OH is 5. The van der Waals surface area contributed by atoms with Crippen molar-refractivity contribution in [3.63, 3.8) is 0 Å². The van der Waals surface area contributed by atoms with Gasteiger partial charge < -0.3 is 40.3 Å². The molecule has 6 N–H and O–H groups in total. The van der Waals surface area contributed by atoms with Gasteiger partial charge in [-0.3, -0.25) is 4.79 Å². The van der Waals surface area contributed by atoms with Gasteiger partial charge in [0.15, 0.2) is 6.29 Å². The Morgan fingerprint density at radius 2 is 0.776 bits per heavy atom. The number of allylic oxidation sites excluding steroid dienone is 4. The van der Waals surface area contributed by atoms with Gasteiger partial charge in [0.2, 0.25) is 5.91 Å². The van der Waals surface area contributed by atoms with E-state index in [9.17, 15) is 30.3 Å². The van der Waals surface area contributed by atoms with E-state index in [1.807, 2.05) is 0 Å². The van der Waals surface area contributed by atoms with Crippen LogP contribution in [-0.2, 0) is 14.3 Å². The number of unbranched alkanes of at least 4 members (excludes halogenated alkanes) is 45. The third-order valence-corrected chi connectivity index (χ3v) is 16.3. The van der Waals surface area contributed by atoms with E-state index in [4.69, 9.17) is 9.47 Å². The second kappa shape index (κ2) is 56.9. The topological polar surface area (TPSA) is 149 Å². The van der Waals surface area contributed by atoms with E-state index in [0.29, 0.717) is 12.8 Å². The fourth-order valence-corrected chi connectivity index (χ4v) is 11.0. The molecule has 76 heavy (non-hydrogen) atoms. The second-order valence-electron chi connectivity index (χ2n) is 23.6. The van der Waals surface area contributed by atoms with Gasteiger partial charge >= 0.3 is 0 Å². The molecule has 0 saturated carbocycles. The first-order valence-corrected chi connectivity index (χ1v) is 33.5. The highest BCUT2D eigenvalue weighted by Crippen LogP contribution is 2.24. The Labute approximate surface area is 470 Å². The first-order chi connectivity index (χ1) is 37.3. The summed E-state index contributed by atoms with van der Waals surface area (Å²) in [5.41, 5.74) is 0. The molecule has 1 rings (SSSR count). The van der Waals surface area contributed by atoms with Crippen molar-refractivity contribution in [1.29, 1.82) is 0 Å². The number of hydrogen-bond donors (Lipinski definition) is 6. The highest BCUT2D eigenvalue weighted by Gasteiger charge is 2.44. The Kier molecular flexibility index (Phi) is 54.4. The van der Waals surface area contributed by atoms with Crippen LogP contribution in [0, 0.1) is 0 Å². The predicted octanol–water partition coefficient (Wildman–Crippen LogP) is 17.7. The van der Waals surface area contributed by atoms with E-state index < -0.39 is 49.5 Å². The third kappa shape index (κ3) is 45.4. The van der Waals surface area contributed by atoms with E-state index in [2.05, 4.69) is 43.5 Å². The second-order valence-corrected chi connectivity index (χ2v) is 23.6. The lowest BCUT2D eigenvalue weighted by atomic mass is 9.99. The molecule has 0 spiro atoms. The van der Waals surface area contributed by atoms with E-state index in [1.165, 1.54) is 270 Å². The quantitative estimate of drug-likeness (QED) is 0.0261. The van der Waals surface area contributed by atoms with Crippen LogP contribution < -0.4 is 5.32 Å². The monoisotopic (exact) mass is 1080 g/mol. The van der Waals surface area contributed by atoms with E-state index >= 15 is 0 Å². The van der Waals surface area contributed by atoms with Crippen molar-refractivity contribution in [2.24, 2.45) is 0 Å². The van der Waals surface area contributed by atoms with Gasteiger partial charge in [0.25, 0.3) is 0 Å². The molecular formula is C67H129NO8. The third-order valence-electron chi connectivity index (χ3n) is 16.3. The van der Waals surface area contributed by atoms with Crippen LogP contribution in [0.25, 0.3) is 0 Å². The smallest absolute Gasteiger partial charge is 0.220 e. The highest BCUT2D eigenvalue weighted by atomic mass is 16.7. The fraction of sp³-hybridized carbons (Fsp3) is 0.925. The zero-order valence-electron chi connectivity index (χ0n) is 50.3. The SMILES string of the molecule is CCCCCCC/C=C\C/C=C\CCCCCCCCCCCCCCCCCCCCCC(=O)NC(COC1OC(CO)C(O)C(O)C1O)C(O)CCCCCCCCCCCCCCCCCCCCCCCC. The molecule has 0 aromatic rings. The highest BCUT2D eigenvalue weighted by molar-refractivity contribution is 5.76. The Morgan fingerprint density at radius 1 is 0.447 bits per heavy atom. The molecule has 1 fully saturated rings. The summed E-state index contributed by atoms with van der Waals surface area (Å²) in [6, 6.07) is -0.717. The summed E-state index contributed by atoms with van der Waals surface area (Å²) < 4.78 is 11.4. The maximum absolute atomic E-state index is 13.1. The van der Waals surface area contributed by atoms with Crippen molar-refractivity contribution >= 4 is 5.91 Å². The zero-order chi connectivity index (χ0) is 55.0. The van der Waals surface area contributed by atoms with Crippen molar-refractivity contribution in [2.45, 2.75) is 384 Å². The Hall–Kier alpha value is -1.33. The van der Waals surface area contributed by atoms with Crippen LogP contribution in [0.15, 0.2) is 24.3 Å². The normalized spacial score (nSPS) is 18.9. The molecule has 0 aromatic heterocycles. The molecule has 1 aliphatic rings. The van der Waals surface area contributed by atoms with Gasteiger partial charge in [0.1, 0.15) is 24.4 Å². The van der Waals surface area contributed by atoms with Crippen LogP contribution in [0.5, 0.6) is 0 Å². The average molecular weight is 1080 g/mol. The van der Waals surface area contributed by atoms with Crippen molar-refractivity contribution in [3.05, 3.63) is 24.3 Å². The van der Waals surface area contributed by atoms with Gasteiger partial charge in [-0.1, -0.05) is 314 Å². The number of ether oxygens (including phenoxy) is 2. The van der Waals surface area contributed by atoms with Crippen molar-refractivity contribution in [2.75, 3.05) is 13.2 Å². The van der Waals surface area contributed by atoms with Crippen LogP contribution in [-0.4, -0.2) is 87.5 Å². The number of aliphatic hydroxyl groups is 5. The number of amides is 1. The molecular weight excluding hydrogens is 947 g/mol. The molecule has 0 aromatic carbocycles. The molecule has 1 amide bonds. The van der Waals surface area contributed by atoms with Crippen LogP contribution in [0.2, 0.25) is 0 Å². The van der Waals surface area contributed by atoms with Crippen molar-refractivity contribution in [1.82, 2.24) is 5.32 Å². The van der Waals surface area contributed by atoms with Gasteiger partial charge in [0, 0.05) is 6.42 Å². The Morgan fingerprint density at radius 3 is 1.13 bits per heavy atom. The number of nitrogens with one attached hydrogen (secondary N) is 1. The summed E-state index contributed by atoms with van der Waals surface area (Å²) in [6.45, 7) is 3.88. The first kappa shape index (κ1) is 72.7. The summed E-state index contributed by atoms with van der Waals surface area (Å²) in [5.74, 6) is -0.137. The van der Waals surface area contributed by atoms with Gasteiger partial charge in [-0.25, -0.2) is 0 Å². The van der Waals surface area contributed by atoms with Gasteiger partial charge in [-0.05, 0) is 44.9 Å².